The van der Waals surface area contributed by atoms with Crippen LogP contribution in [0.3, 0.4) is 0 Å². The minimum absolute atomic E-state index is 0.171. The van der Waals surface area contributed by atoms with Gasteiger partial charge in [-0.2, -0.15) is 0 Å². The molecule has 1 heterocycles. The number of nitrogens with zero attached hydrogens (tertiary/aromatic N) is 2. The number of benzene rings is 1. The second kappa shape index (κ2) is 6.17. The van der Waals surface area contributed by atoms with Crippen LogP contribution >= 0.6 is 0 Å². The van der Waals surface area contributed by atoms with Gasteiger partial charge in [0.2, 0.25) is 5.91 Å². The molecule has 1 fully saturated rings. The van der Waals surface area contributed by atoms with Crippen molar-refractivity contribution in [3.05, 3.63) is 35.9 Å². The number of carbonyl (C=O) groups is 1. The second-order valence-electron chi connectivity index (χ2n) is 5.35. The van der Waals surface area contributed by atoms with Crippen molar-refractivity contribution in [2.24, 2.45) is 11.7 Å². The van der Waals surface area contributed by atoms with E-state index in [1.807, 2.05) is 42.2 Å². The van der Waals surface area contributed by atoms with Crippen molar-refractivity contribution < 1.29 is 4.79 Å². The molecule has 2 rings (SSSR count). The third kappa shape index (κ3) is 3.33. The highest BCUT2D eigenvalue weighted by atomic mass is 16.2. The zero-order valence-corrected chi connectivity index (χ0v) is 11.7. The zero-order chi connectivity index (χ0) is 13.8. The first kappa shape index (κ1) is 14.0. The summed E-state index contributed by atoms with van der Waals surface area (Å²) in [4.78, 5) is 16.6. The summed E-state index contributed by atoms with van der Waals surface area (Å²) >= 11 is 0. The Kier molecular flexibility index (Phi) is 4.56. The Labute approximate surface area is 115 Å². The van der Waals surface area contributed by atoms with Crippen molar-refractivity contribution in [1.29, 1.82) is 0 Å². The van der Waals surface area contributed by atoms with Gasteiger partial charge in [0, 0.05) is 32.2 Å². The van der Waals surface area contributed by atoms with Gasteiger partial charge in [-0.05, 0) is 12.6 Å². The highest BCUT2D eigenvalue weighted by molar-refractivity contribution is 5.79. The fraction of sp³-hybridized carbons (Fsp3) is 0.533. The molecule has 0 aliphatic carbocycles. The van der Waals surface area contributed by atoms with Crippen LogP contribution in [-0.4, -0.2) is 48.9 Å². The largest absolute Gasteiger partial charge is 0.340 e. The van der Waals surface area contributed by atoms with Gasteiger partial charge in [0.05, 0.1) is 5.92 Å². The maximum atomic E-state index is 12.4. The summed E-state index contributed by atoms with van der Waals surface area (Å²) in [7, 11) is 2.08. The Hall–Kier alpha value is -1.39. The van der Waals surface area contributed by atoms with E-state index in [2.05, 4.69) is 11.9 Å². The highest BCUT2D eigenvalue weighted by Crippen LogP contribution is 2.21. The van der Waals surface area contributed by atoms with Gasteiger partial charge < -0.3 is 15.5 Å². The SMILES string of the molecule is CC(C(=O)N1CCN(C)CC1)C(N)c1ccccc1. The summed E-state index contributed by atoms with van der Waals surface area (Å²) in [5, 5.41) is 0. The number of nitrogens with two attached hydrogens (primary N) is 1. The molecule has 1 saturated heterocycles. The number of hydrogen-bond donors (Lipinski definition) is 1. The van der Waals surface area contributed by atoms with Gasteiger partial charge >= 0.3 is 0 Å². The molecule has 1 aromatic rings. The van der Waals surface area contributed by atoms with Gasteiger partial charge in [-0.15, -0.1) is 0 Å². The van der Waals surface area contributed by atoms with Gasteiger partial charge in [-0.1, -0.05) is 37.3 Å². The second-order valence-corrected chi connectivity index (χ2v) is 5.35. The standard InChI is InChI=1S/C15H23N3O/c1-12(14(16)13-6-4-3-5-7-13)15(19)18-10-8-17(2)9-11-18/h3-7,12,14H,8-11,16H2,1-2H3. The topological polar surface area (TPSA) is 49.6 Å². The molecule has 4 nitrogen and oxygen atoms in total. The van der Waals surface area contributed by atoms with Gasteiger partial charge in [-0.3, -0.25) is 4.79 Å². The van der Waals surface area contributed by atoms with Gasteiger partial charge in [0.1, 0.15) is 0 Å². The number of rotatable bonds is 3. The Morgan fingerprint density at radius 1 is 1.16 bits per heavy atom. The van der Waals surface area contributed by atoms with Crippen molar-refractivity contribution in [2.45, 2.75) is 13.0 Å². The Morgan fingerprint density at radius 2 is 1.74 bits per heavy atom. The first-order chi connectivity index (χ1) is 9.09. The van der Waals surface area contributed by atoms with E-state index in [9.17, 15) is 4.79 Å². The molecule has 1 amide bonds. The third-order valence-electron chi connectivity index (χ3n) is 3.93. The van der Waals surface area contributed by atoms with Crippen molar-refractivity contribution in [1.82, 2.24) is 9.80 Å². The molecular formula is C15H23N3O. The molecule has 0 radical (unpaired) electrons. The minimum Gasteiger partial charge on any atom is -0.340 e. The molecule has 104 valence electrons. The van der Waals surface area contributed by atoms with Crippen LogP contribution < -0.4 is 5.73 Å². The maximum Gasteiger partial charge on any atom is 0.227 e. The molecule has 0 spiro atoms. The van der Waals surface area contributed by atoms with Crippen molar-refractivity contribution in [3.8, 4) is 0 Å². The normalized spacial score (nSPS) is 20.1. The van der Waals surface area contributed by atoms with E-state index >= 15 is 0 Å². The van der Waals surface area contributed by atoms with E-state index in [1.165, 1.54) is 0 Å². The third-order valence-corrected chi connectivity index (χ3v) is 3.93. The molecule has 19 heavy (non-hydrogen) atoms. The maximum absolute atomic E-state index is 12.4. The summed E-state index contributed by atoms with van der Waals surface area (Å²) < 4.78 is 0. The van der Waals surface area contributed by atoms with Crippen LogP contribution in [0.15, 0.2) is 30.3 Å². The summed E-state index contributed by atoms with van der Waals surface area (Å²) in [6.07, 6.45) is 0. The van der Waals surface area contributed by atoms with E-state index < -0.39 is 0 Å². The molecule has 1 aliphatic heterocycles. The van der Waals surface area contributed by atoms with E-state index in [0.717, 1.165) is 31.7 Å². The van der Waals surface area contributed by atoms with Crippen molar-refractivity contribution in [3.63, 3.8) is 0 Å². The number of likely N-dealkylation sites (N-methyl/N-ethyl adjacent to an activating group) is 1. The van der Waals surface area contributed by atoms with Crippen LogP contribution in [0.1, 0.15) is 18.5 Å². The lowest BCUT2D eigenvalue weighted by molar-refractivity contribution is -0.137. The average Bonchev–Trinajstić information content (AvgIpc) is 2.46. The fourth-order valence-electron chi connectivity index (χ4n) is 2.43. The van der Waals surface area contributed by atoms with E-state index in [1.54, 1.807) is 0 Å². The zero-order valence-electron chi connectivity index (χ0n) is 11.7. The van der Waals surface area contributed by atoms with Gasteiger partial charge in [0.25, 0.3) is 0 Å². The van der Waals surface area contributed by atoms with Crippen LogP contribution in [-0.2, 0) is 4.79 Å². The Balaban J connectivity index is 1.99. The molecule has 0 aromatic heterocycles. The van der Waals surface area contributed by atoms with Crippen LogP contribution in [0.2, 0.25) is 0 Å². The molecule has 4 heteroatoms. The molecule has 0 bridgehead atoms. The van der Waals surface area contributed by atoms with Gasteiger partial charge in [-0.25, -0.2) is 0 Å². The minimum atomic E-state index is -0.228. The molecule has 1 aliphatic rings. The predicted octanol–water partition coefficient (Wildman–Crippen LogP) is 1.10. The first-order valence-electron chi connectivity index (χ1n) is 6.87. The quantitative estimate of drug-likeness (QED) is 0.886. The molecule has 2 unspecified atom stereocenters. The van der Waals surface area contributed by atoms with Crippen molar-refractivity contribution in [2.75, 3.05) is 33.2 Å². The summed E-state index contributed by atoms with van der Waals surface area (Å²) in [5.41, 5.74) is 7.24. The summed E-state index contributed by atoms with van der Waals surface area (Å²) in [6.45, 7) is 5.43. The Bertz CT molecular complexity index is 413. The van der Waals surface area contributed by atoms with Crippen LogP contribution in [0.5, 0.6) is 0 Å². The van der Waals surface area contributed by atoms with Crippen LogP contribution in [0, 0.1) is 5.92 Å². The lowest BCUT2D eigenvalue weighted by atomic mass is 9.94. The van der Waals surface area contributed by atoms with E-state index in [0.29, 0.717) is 0 Å². The van der Waals surface area contributed by atoms with Crippen LogP contribution in [0.25, 0.3) is 0 Å². The molecule has 1 aromatic carbocycles. The first-order valence-corrected chi connectivity index (χ1v) is 6.87. The Morgan fingerprint density at radius 3 is 2.32 bits per heavy atom. The summed E-state index contributed by atoms with van der Waals surface area (Å²) in [5.74, 6) is -0.00439. The number of hydrogen-bond acceptors (Lipinski definition) is 3. The predicted molar refractivity (Wildman–Crippen MR) is 76.6 cm³/mol. The average molecular weight is 261 g/mol. The smallest absolute Gasteiger partial charge is 0.227 e. The lowest BCUT2D eigenvalue weighted by Crippen LogP contribution is -2.49. The van der Waals surface area contributed by atoms with Crippen LogP contribution in [0.4, 0.5) is 0 Å². The molecule has 2 N–H and O–H groups in total. The van der Waals surface area contributed by atoms with Gasteiger partial charge in [0.15, 0.2) is 0 Å². The summed E-state index contributed by atoms with van der Waals surface area (Å²) in [6, 6.07) is 9.62. The molecular weight excluding hydrogens is 238 g/mol. The number of carbonyl (C=O) groups excluding carboxylic acids is 1. The number of piperazine rings is 1. The van der Waals surface area contributed by atoms with E-state index in [4.69, 9.17) is 5.73 Å². The lowest BCUT2D eigenvalue weighted by Gasteiger charge is -2.35. The van der Waals surface area contributed by atoms with E-state index in [-0.39, 0.29) is 17.9 Å². The molecule has 2 atom stereocenters. The highest BCUT2D eigenvalue weighted by Gasteiger charge is 2.28. The molecule has 0 saturated carbocycles. The monoisotopic (exact) mass is 261 g/mol. The van der Waals surface area contributed by atoms with Crippen molar-refractivity contribution >= 4 is 5.91 Å². The fourth-order valence-corrected chi connectivity index (χ4v) is 2.43. The number of amides is 1.